The van der Waals surface area contributed by atoms with Crippen molar-refractivity contribution in [3.05, 3.63) is 23.2 Å². The Kier molecular flexibility index (Phi) is 5.63. The second kappa shape index (κ2) is 7.30. The number of benzene rings is 1. The molecule has 23 heavy (non-hydrogen) atoms. The summed E-state index contributed by atoms with van der Waals surface area (Å²) < 4.78 is 11.2. The third kappa shape index (κ3) is 5.50. The van der Waals surface area contributed by atoms with Gasteiger partial charge in [0, 0.05) is 19.2 Å². The number of nitrogens with two attached hydrogens (primary N) is 1. The highest BCUT2D eigenvalue weighted by Gasteiger charge is 2.27. The van der Waals surface area contributed by atoms with Crippen LogP contribution < -0.4 is 10.5 Å². The molecule has 2 rings (SSSR count). The normalized spacial score (nSPS) is 16.3. The molecule has 1 aromatic rings. The summed E-state index contributed by atoms with van der Waals surface area (Å²) in [6, 6.07) is 5.28. The van der Waals surface area contributed by atoms with E-state index in [9.17, 15) is 4.79 Å². The summed E-state index contributed by atoms with van der Waals surface area (Å²) in [6.45, 7) is 7.65. The van der Waals surface area contributed by atoms with Gasteiger partial charge in [0.15, 0.2) is 0 Å². The van der Waals surface area contributed by atoms with Crippen molar-refractivity contribution >= 4 is 23.4 Å². The van der Waals surface area contributed by atoms with Gasteiger partial charge in [-0.2, -0.15) is 0 Å². The fourth-order valence-corrected chi connectivity index (χ4v) is 2.59. The highest BCUT2D eigenvalue weighted by atomic mass is 35.5. The Morgan fingerprint density at radius 3 is 2.57 bits per heavy atom. The Morgan fingerprint density at radius 2 is 2.00 bits per heavy atom. The monoisotopic (exact) mass is 340 g/mol. The third-order valence-corrected chi connectivity index (χ3v) is 4.05. The van der Waals surface area contributed by atoms with Crippen molar-refractivity contribution in [1.82, 2.24) is 4.90 Å². The fourth-order valence-electron chi connectivity index (χ4n) is 2.42. The molecule has 1 aromatic carbocycles. The molecule has 0 aromatic heterocycles. The van der Waals surface area contributed by atoms with E-state index in [0.717, 1.165) is 18.6 Å². The molecule has 1 aliphatic rings. The highest BCUT2D eigenvalue weighted by molar-refractivity contribution is 6.33. The van der Waals surface area contributed by atoms with E-state index in [0.29, 0.717) is 36.3 Å². The summed E-state index contributed by atoms with van der Waals surface area (Å²) in [7, 11) is 0. The minimum Gasteiger partial charge on any atom is -0.493 e. The van der Waals surface area contributed by atoms with Crippen LogP contribution in [0.2, 0.25) is 5.02 Å². The molecule has 0 aliphatic carbocycles. The molecular formula is C17H25ClN2O3. The van der Waals surface area contributed by atoms with E-state index in [1.807, 2.05) is 26.8 Å². The molecule has 1 fully saturated rings. The summed E-state index contributed by atoms with van der Waals surface area (Å²) in [6.07, 6.45) is 1.58. The number of carbonyl (C=O) groups is 1. The van der Waals surface area contributed by atoms with E-state index in [1.165, 1.54) is 0 Å². The maximum atomic E-state index is 12.0. The second-order valence-electron chi connectivity index (χ2n) is 6.91. The lowest BCUT2D eigenvalue weighted by Gasteiger charge is -2.33. The quantitative estimate of drug-likeness (QED) is 0.846. The maximum absolute atomic E-state index is 12.0. The summed E-state index contributed by atoms with van der Waals surface area (Å²) >= 11 is 5.98. The molecule has 0 radical (unpaired) electrons. The predicted molar refractivity (Wildman–Crippen MR) is 91.9 cm³/mol. The van der Waals surface area contributed by atoms with Crippen molar-refractivity contribution in [1.29, 1.82) is 0 Å². The first-order chi connectivity index (χ1) is 10.7. The second-order valence-corrected chi connectivity index (χ2v) is 7.31. The summed E-state index contributed by atoms with van der Waals surface area (Å²) in [5.74, 6) is 1.14. The zero-order chi connectivity index (χ0) is 17.0. The minimum absolute atomic E-state index is 0.234. The maximum Gasteiger partial charge on any atom is 0.410 e. The number of nitrogen functional groups attached to an aromatic ring is 1. The van der Waals surface area contributed by atoms with E-state index in [1.54, 1.807) is 17.0 Å². The molecule has 0 saturated carbocycles. The van der Waals surface area contributed by atoms with E-state index < -0.39 is 5.60 Å². The van der Waals surface area contributed by atoms with Gasteiger partial charge < -0.3 is 20.1 Å². The van der Waals surface area contributed by atoms with Crippen LogP contribution in [0.1, 0.15) is 33.6 Å². The van der Waals surface area contributed by atoms with Gasteiger partial charge in [-0.05, 0) is 51.7 Å². The van der Waals surface area contributed by atoms with Crippen molar-refractivity contribution < 1.29 is 14.3 Å². The Labute approximate surface area is 142 Å². The average molecular weight is 341 g/mol. The smallest absolute Gasteiger partial charge is 0.410 e. The molecule has 0 unspecified atom stereocenters. The van der Waals surface area contributed by atoms with Gasteiger partial charge in [0.1, 0.15) is 11.4 Å². The van der Waals surface area contributed by atoms with Crippen LogP contribution >= 0.6 is 11.6 Å². The molecule has 1 saturated heterocycles. The SMILES string of the molecule is CC(C)(C)OC(=O)N1CCC(COc2ccc(N)c(Cl)c2)CC1. The van der Waals surface area contributed by atoms with Gasteiger partial charge in [0.05, 0.1) is 17.3 Å². The highest BCUT2D eigenvalue weighted by Crippen LogP contribution is 2.26. The number of nitrogens with zero attached hydrogens (tertiary/aromatic N) is 1. The number of amides is 1. The first kappa shape index (κ1) is 17.7. The third-order valence-electron chi connectivity index (χ3n) is 3.72. The number of carbonyl (C=O) groups excluding carboxylic acids is 1. The predicted octanol–water partition coefficient (Wildman–Crippen LogP) is 3.95. The van der Waals surface area contributed by atoms with Crippen LogP contribution in [0.5, 0.6) is 5.75 Å². The Bertz CT molecular complexity index is 549. The van der Waals surface area contributed by atoms with Crippen molar-refractivity contribution in [2.45, 2.75) is 39.2 Å². The van der Waals surface area contributed by atoms with E-state index in [2.05, 4.69) is 0 Å². The zero-order valence-corrected chi connectivity index (χ0v) is 14.7. The molecule has 5 nitrogen and oxygen atoms in total. The summed E-state index contributed by atoms with van der Waals surface area (Å²) in [5.41, 5.74) is 5.77. The molecule has 0 atom stereocenters. The molecule has 128 valence electrons. The van der Waals surface area contributed by atoms with Gasteiger partial charge in [-0.1, -0.05) is 11.6 Å². The molecule has 0 bridgehead atoms. The van der Waals surface area contributed by atoms with E-state index in [-0.39, 0.29) is 6.09 Å². The van der Waals surface area contributed by atoms with Crippen LogP contribution in [-0.4, -0.2) is 36.3 Å². The molecule has 1 amide bonds. The molecule has 1 heterocycles. The van der Waals surface area contributed by atoms with Crippen LogP contribution in [0.15, 0.2) is 18.2 Å². The van der Waals surface area contributed by atoms with Crippen LogP contribution in [-0.2, 0) is 4.74 Å². The van der Waals surface area contributed by atoms with E-state index >= 15 is 0 Å². The topological polar surface area (TPSA) is 64.8 Å². The van der Waals surface area contributed by atoms with Crippen molar-refractivity contribution in [3.8, 4) is 5.75 Å². The number of likely N-dealkylation sites (tertiary alicyclic amines) is 1. The van der Waals surface area contributed by atoms with Crippen molar-refractivity contribution in [3.63, 3.8) is 0 Å². The lowest BCUT2D eigenvalue weighted by Crippen LogP contribution is -2.42. The van der Waals surface area contributed by atoms with Gasteiger partial charge in [0.25, 0.3) is 0 Å². The van der Waals surface area contributed by atoms with E-state index in [4.69, 9.17) is 26.8 Å². The van der Waals surface area contributed by atoms with Gasteiger partial charge >= 0.3 is 6.09 Å². The first-order valence-electron chi connectivity index (χ1n) is 7.90. The average Bonchev–Trinajstić information content (AvgIpc) is 2.47. The summed E-state index contributed by atoms with van der Waals surface area (Å²) in [5, 5.41) is 0.502. The Balaban J connectivity index is 1.76. The number of piperidine rings is 1. The van der Waals surface area contributed by atoms with Gasteiger partial charge in [-0.25, -0.2) is 4.79 Å². The Morgan fingerprint density at radius 1 is 1.35 bits per heavy atom. The van der Waals surface area contributed by atoms with Gasteiger partial charge in [-0.3, -0.25) is 0 Å². The van der Waals surface area contributed by atoms with Crippen molar-refractivity contribution in [2.75, 3.05) is 25.4 Å². The van der Waals surface area contributed by atoms with Crippen LogP contribution in [0.3, 0.4) is 0 Å². The fraction of sp³-hybridized carbons (Fsp3) is 0.588. The molecule has 6 heteroatoms. The van der Waals surface area contributed by atoms with Crippen molar-refractivity contribution in [2.24, 2.45) is 5.92 Å². The van der Waals surface area contributed by atoms with Crippen LogP contribution in [0.4, 0.5) is 10.5 Å². The standard InChI is InChI=1S/C17H25ClN2O3/c1-17(2,3)23-16(21)20-8-6-12(7-9-20)11-22-13-4-5-15(19)14(18)10-13/h4-5,10,12H,6-9,11,19H2,1-3H3. The lowest BCUT2D eigenvalue weighted by atomic mass is 9.98. The molecule has 1 aliphatic heterocycles. The summed E-state index contributed by atoms with van der Waals surface area (Å²) in [4.78, 5) is 13.8. The number of halogens is 1. The number of anilines is 1. The number of hydrogen-bond donors (Lipinski definition) is 1. The molecular weight excluding hydrogens is 316 g/mol. The number of ether oxygens (including phenoxy) is 2. The molecule has 2 N–H and O–H groups in total. The largest absolute Gasteiger partial charge is 0.493 e. The number of hydrogen-bond acceptors (Lipinski definition) is 4. The minimum atomic E-state index is -0.453. The van der Waals surface area contributed by atoms with Crippen LogP contribution in [0.25, 0.3) is 0 Å². The number of rotatable bonds is 3. The van der Waals surface area contributed by atoms with Gasteiger partial charge in [0.2, 0.25) is 0 Å². The first-order valence-corrected chi connectivity index (χ1v) is 8.28. The lowest BCUT2D eigenvalue weighted by molar-refractivity contribution is 0.0165. The molecule has 0 spiro atoms. The van der Waals surface area contributed by atoms with Crippen LogP contribution in [0, 0.1) is 5.92 Å². The zero-order valence-electron chi connectivity index (χ0n) is 14.0. The Hall–Kier alpha value is -1.62. The van der Waals surface area contributed by atoms with Gasteiger partial charge in [-0.15, -0.1) is 0 Å².